The fourth-order valence-corrected chi connectivity index (χ4v) is 1.50. The number of alkyl halides is 3. The molecule has 0 bridgehead atoms. The van der Waals surface area contributed by atoms with E-state index in [9.17, 15) is 18.0 Å². The second kappa shape index (κ2) is 6.42. The SMILES string of the molecule is CNCc1ccc(OCCC(N)=O)c(C(F)(F)F)c1. The Morgan fingerprint density at radius 1 is 1.42 bits per heavy atom. The number of amides is 1. The van der Waals surface area contributed by atoms with Crippen LogP contribution in [-0.2, 0) is 17.5 Å². The molecule has 0 spiro atoms. The van der Waals surface area contributed by atoms with Gasteiger partial charge in [-0.15, -0.1) is 0 Å². The highest BCUT2D eigenvalue weighted by Crippen LogP contribution is 2.36. The molecule has 7 heteroatoms. The summed E-state index contributed by atoms with van der Waals surface area (Å²) in [7, 11) is 1.64. The standard InChI is InChI=1S/C12H15F3N2O2/c1-17-7-8-2-3-10(19-5-4-11(16)18)9(6-8)12(13,14)15/h2-3,6,17H,4-5,7H2,1H3,(H2,16,18). The van der Waals surface area contributed by atoms with Gasteiger partial charge in [0, 0.05) is 6.54 Å². The first-order chi connectivity index (χ1) is 8.84. The zero-order chi connectivity index (χ0) is 14.5. The van der Waals surface area contributed by atoms with Crippen molar-refractivity contribution in [1.82, 2.24) is 5.32 Å². The zero-order valence-corrected chi connectivity index (χ0v) is 10.4. The summed E-state index contributed by atoms with van der Waals surface area (Å²) in [5.41, 5.74) is 4.54. The van der Waals surface area contributed by atoms with E-state index in [2.05, 4.69) is 5.32 Å². The van der Waals surface area contributed by atoms with E-state index >= 15 is 0 Å². The number of hydrogen-bond donors (Lipinski definition) is 2. The Labute approximate surface area is 108 Å². The number of rotatable bonds is 6. The quantitative estimate of drug-likeness (QED) is 0.831. The molecule has 0 radical (unpaired) electrons. The van der Waals surface area contributed by atoms with Crippen molar-refractivity contribution in [3.8, 4) is 5.75 Å². The van der Waals surface area contributed by atoms with Crippen molar-refractivity contribution in [1.29, 1.82) is 0 Å². The molecule has 0 saturated heterocycles. The summed E-state index contributed by atoms with van der Waals surface area (Å²) in [5.74, 6) is -0.922. The van der Waals surface area contributed by atoms with Crippen molar-refractivity contribution in [2.24, 2.45) is 5.73 Å². The third-order valence-corrected chi connectivity index (χ3v) is 2.34. The predicted molar refractivity (Wildman–Crippen MR) is 63.5 cm³/mol. The predicted octanol–water partition coefficient (Wildman–Crippen LogP) is 1.68. The lowest BCUT2D eigenvalue weighted by Gasteiger charge is -2.15. The summed E-state index contributed by atoms with van der Waals surface area (Å²) in [5, 5.41) is 2.77. The summed E-state index contributed by atoms with van der Waals surface area (Å²) < 4.78 is 43.6. The Bertz CT molecular complexity index is 447. The van der Waals surface area contributed by atoms with E-state index in [-0.39, 0.29) is 18.8 Å². The van der Waals surface area contributed by atoms with Crippen LogP contribution >= 0.6 is 0 Å². The molecule has 4 nitrogen and oxygen atoms in total. The lowest BCUT2D eigenvalue weighted by Crippen LogP contribution is -2.16. The summed E-state index contributed by atoms with van der Waals surface area (Å²) >= 11 is 0. The van der Waals surface area contributed by atoms with Gasteiger partial charge in [-0.3, -0.25) is 4.79 Å². The maximum absolute atomic E-state index is 12.9. The van der Waals surface area contributed by atoms with Crippen molar-refractivity contribution in [2.45, 2.75) is 19.1 Å². The summed E-state index contributed by atoms with van der Waals surface area (Å²) in [4.78, 5) is 10.5. The first kappa shape index (κ1) is 15.3. The second-order valence-corrected chi connectivity index (χ2v) is 3.92. The molecule has 0 heterocycles. The maximum atomic E-state index is 12.9. The summed E-state index contributed by atoms with van der Waals surface area (Å²) in [6.07, 6.45) is -4.64. The number of benzene rings is 1. The van der Waals surface area contributed by atoms with Gasteiger partial charge in [0.15, 0.2) is 0 Å². The van der Waals surface area contributed by atoms with Gasteiger partial charge in [-0.1, -0.05) is 6.07 Å². The molecule has 1 amide bonds. The zero-order valence-electron chi connectivity index (χ0n) is 10.4. The smallest absolute Gasteiger partial charge is 0.419 e. The van der Waals surface area contributed by atoms with Gasteiger partial charge in [-0.25, -0.2) is 0 Å². The number of ether oxygens (including phenoxy) is 1. The van der Waals surface area contributed by atoms with E-state index in [0.717, 1.165) is 6.07 Å². The van der Waals surface area contributed by atoms with Crippen LogP contribution in [0.2, 0.25) is 0 Å². The van der Waals surface area contributed by atoms with Crippen molar-refractivity contribution in [3.05, 3.63) is 29.3 Å². The number of nitrogens with two attached hydrogens (primary N) is 1. The average molecular weight is 276 g/mol. The van der Waals surface area contributed by atoms with Crippen LogP contribution in [0.5, 0.6) is 5.75 Å². The highest BCUT2D eigenvalue weighted by molar-refractivity contribution is 5.73. The molecule has 0 unspecified atom stereocenters. The van der Waals surface area contributed by atoms with Gasteiger partial charge >= 0.3 is 6.18 Å². The minimum absolute atomic E-state index is 0.129. The van der Waals surface area contributed by atoms with E-state index in [4.69, 9.17) is 10.5 Å². The molecular weight excluding hydrogens is 261 g/mol. The number of hydrogen-bond acceptors (Lipinski definition) is 3. The van der Waals surface area contributed by atoms with E-state index in [1.54, 1.807) is 7.05 Å². The van der Waals surface area contributed by atoms with E-state index in [0.29, 0.717) is 12.1 Å². The topological polar surface area (TPSA) is 64.3 Å². The molecule has 1 rings (SSSR count). The Balaban J connectivity index is 2.92. The van der Waals surface area contributed by atoms with E-state index in [1.807, 2.05) is 0 Å². The molecule has 0 aromatic heterocycles. The van der Waals surface area contributed by atoms with E-state index < -0.39 is 17.6 Å². The van der Waals surface area contributed by atoms with Gasteiger partial charge in [-0.05, 0) is 24.7 Å². The van der Waals surface area contributed by atoms with Crippen LogP contribution < -0.4 is 15.8 Å². The van der Waals surface area contributed by atoms with Crippen LogP contribution in [0.3, 0.4) is 0 Å². The molecule has 3 N–H and O–H groups in total. The molecule has 0 fully saturated rings. The number of carbonyl (C=O) groups is 1. The molecule has 0 aliphatic heterocycles. The van der Waals surface area contributed by atoms with Crippen molar-refractivity contribution in [3.63, 3.8) is 0 Å². The Kier molecular flexibility index (Phi) is 5.17. The molecule has 0 atom stereocenters. The minimum Gasteiger partial charge on any atom is -0.492 e. The first-order valence-corrected chi connectivity index (χ1v) is 5.60. The molecule has 1 aromatic carbocycles. The number of primary amides is 1. The van der Waals surface area contributed by atoms with Crippen LogP contribution in [0.15, 0.2) is 18.2 Å². The fourth-order valence-electron chi connectivity index (χ4n) is 1.50. The first-order valence-electron chi connectivity index (χ1n) is 5.60. The van der Waals surface area contributed by atoms with E-state index in [1.165, 1.54) is 12.1 Å². The Morgan fingerprint density at radius 3 is 2.63 bits per heavy atom. The second-order valence-electron chi connectivity index (χ2n) is 3.92. The third-order valence-electron chi connectivity index (χ3n) is 2.34. The number of nitrogens with one attached hydrogen (secondary N) is 1. The van der Waals surface area contributed by atoms with Crippen molar-refractivity contribution in [2.75, 3.05) is 13.7 Å². The maximum Gasteiger partial charge on any atom is 0.419 e. The highest BCUT2D eigenvalue weighted by Gasteiger charge is 2.34. The molecular formula is C12H15F3N2O2. The Morgan fingerprint density at radius 2 is 2.11 bits per heavy atom. The van der Waals surface area contributed by atoms with Crippen LogP contribution in [0.1, 0.15) is 17.5 Å². The molecule has 0 aliphatic carbocycles. The van der Waals surface area contributed by atoms with Crippen LogP contribution in [0.4, 0.5) is 13.2 Å². The Hall–Kier alpha value is -1.76. The van der Waals surface area contributed by atoms with Crippen LogP contribution in [0.25, 0.3) is 0 Å². The van der Waals surface area contributed by atoms with Crippen LogP contribution in [-0.4, -0.2) is 19.6 Å². The van der Waals surface area contributed by atoms with Gasteiger partial charge in [0.05, 0.1) is 18.6 Å². The monoisotopic (exact) mass is 276 g/mol. The average Bonchev–Trinajstić information content (AvgIpc) is 2.29. The van der Waals surface area contributed by atoms with Gasteiger partial charge in [0.2, 0.25) is 5.91 Å². The molecule has 0 aliphatic rings. The minimum atomic E-state index is -4.51. The third kappa shape index (κ3) is 4.78. The molecule has 1 aromatic rings. The normalized spacial score (nSPS) is 11.4. The molecule has 106 valence electrons. The largest absolute Gasteiger partial charge is 0.492 e. The molecule has 19 heavy (non-hydrogen) atoms. The van der Waals surface area contributed by atoms with Gasteiger partial charge in [-0.2, -0.15) is 13.2 Å². The number of halogens is 3. The van der Waals surface area contributed by atoms with Gasteiger partial charge in [0.1, 0.15) is 5.75 Å². The molecule has 0 saturated carbocycles. The van der Waals surface area contributed by atoms with Gasteiger partial charge < -0.3 is 15.8 Å². The van der Waals surface area contributed by atoms with Crippen LogP contribution in [0, 0.1) is 0 Å². The summed E-state index contributed by atoms with van der Waals surface area (Å²) in [6.45, 7) is 0.147. The lowest BCUT2D eigenvalue weighted by molar-refractivity contribution is -0.139. The fraction of sp³-hybridized carbons (Fsp3) is 0.417. The number of carbonyl (C=O) groups excluding carboxylic acids is 1. The highest BCUT2D eigenvalue weighted by atomic mass is 19.4. The lowest BCUT2D eigenvalue weighted by atomic mass is 10.1. The van der Waals surface area contributed by atoms with Crippen molar-refractivity contribution < 1.29 is 22.7 Å². The summed E-state index contributed by atoms with van der Waals surface area (Å²) in [6, 6.07) is 3.80. The van der Waals surface area contributed by atoms with Gasteiger partial charge in [0.25, 0.3) is 0 Å². The van der Waals surface area contributed by atoms with Crippen molar-refractivity contribution >= 4 is 5.91 Å².